The van der Waals surface area contributed by atoms with E-state index in [-0.39, 0.29) is 34.5 Å². The van der Waals surface area contributed by atoms with Crippen LogP contribution in [0.2, 0.25) is 5.02 Å². The number of nitrogens with zero attached hydrogens (tertiary/aromatic N) is 2. The molecule has 0 bridgehead atoms. The molecule has 10 heteroatoms. The molecular formula is C14H15ClFN3O4S. The second-order valence-electron chi connectivity index (χ2n) is 4.90. The smallest absolute Gasteiger partial charge is 0.284 e. The van der Waals surface area contributed by atoms with Gasteiger partial charge in [-0.1, -0.05) is 17.7 Å². The number of halogens is 2. The van der Waals surface area contributed by atoms with Crippen molar-refractivity contribution in [3.05, 3.63) is 40.9 Å². The molecule has 24 heavy (non-hydrogen) atoms. The third-order valence-corrected chi connectivity index (χ3v) is 4.62. The van der Waals surface area contributed by atoms with Crippen LogP contribution in [-0.2, 0) is 21.8 Å². The highest BCUT2D eigenvalue weighted by Gasteiger charge is 2.21. The Morgan fingerprint density at radius 3 is 2.79 bits per heavy atom. The van der Waals surface area contributed by atoms with Crippen molar-refractivity contribution in [1.82, 2.24) is 14.3 Å². The molecule has 0 aliphatic carbocycles. The Balaban J connectivity index is 2.31. The fraction of sp³-hybridized carbons (Fsp3) is 0.286. The van der Waals surface area contributed by atoms with Crippen LogP contribution in [0.15, 0.2) is 24.4 Å². The summed E-state index contributed by atoms with van der Waals surface area (Å²) < 4.78 is 45.4. The van der Waals surface area contributed by atoms with Gasteiger partial charge >= 0.3 is 0 Å². The molecule has 7 nitrogen and oxygen atoms in total. The number of imidazole rings is 1. The number of carbonyl (C=O) groups is 1. The minimum Gasteiger partial charge on any atom is -0.384 e. The Labute approximate surface area is 143 Å². The summed E-state index contributed by atoms with van der Waals surface area (Å²) >= 11 is 5.98. The van der Waals surface area contributed by atoms with Gasteiger partial charge in [-0.3, -0.25) is 4.79 Å². The van der Waals surface area contributed by atoms with Crippen LogP contribution in [0, 0.1) is 5.82 Å². The van der Waals surface area contributed by atoms with Gasteiger partial charge < -0.3 is 9.30 Å². The van der Waals surface area contributed by atoms with Crippen molar-refractivity contribution in [2.24, 2.45) is 7.05 Å². The summed E-state index contributed by atoms with van der Waals surface area (Å²) in [4.78, 5) is 16.1. The molecule has 1 aromatic carbocycles. The summed E-state index contributed by atoms with van der Waals surface area (Å²) in [6, 6.07) is 4.15. The Morgan fingerprint density at radius 2 is 2.17 bits per heavy atom. The highest BCUT2D eigenvalue weighted by molar-refractivity contribution is 7.90. The van der Waals surface area contributed by atoms with E-state index in [0.29, 0.717) is 0 Å². The predicted molar refractivity (Wildman–Crippen MR) is 86.7 cm³/mol. The van der Waals surface area contributed by atoms with Crippen molar-refractivity contribution in [3.63, 3.8) is 0 Å². The quantitative estimate of drug-likeness (QED) is 0.828. The molecule has 0 spiro atoms. The third-order valence-electron chi connectivity index (χ3n) is 3.10. The summed E-state index contributed by atoms with van der Waals surface area (Å²) in [5.74, 6) is -1.78. The summed E-state index contributed by atoms with van der Waals surface area (Å²) in [6.07, 6.45) is 1.29. The number of nitrogens with one attached hydrogen (secondary N) is 1. The second kappa shape index (κ2) is 7.29. The molecule has 2 rings (SSSR count). The van der Waals surface area contributed by atoms with Gasteiger partial charge in [0.25, 0.3) is 5.91 Å². The maximum absolute atomic E-state index is 14.0. The van der Waals surface area contributed by atoms with Crippen LogP contribution in [-0.4, -0.2) is 43.3 Å². The maximum Gasteiger partial charge on any atom is 0.284 e. The maximum atomic E-state index is 14.0. The predicted octanol–water partition coefficient (Wildman–Crippen LogP) is 1.59. The van der Waals surface area contributed by atoms with Crippen molar-refractivity contribution in [3.8, 4) is 11.4 Å². The molecule has 1 N–H and O–H groups in total. The fourth-order valence-corrected chi connectivity index (χ4v) is 3.08. The zero-order valence-electron chi connectivity index (χ0n) is 12.9. The molecular weight excluding hydrogens is 361 g/mol. The van der Waals surface area contributed by atoms with Crippen LogP contribution >= 0.6 is 11.6 Å². The number of hydrogen-bond donors (Lipinski definition) is 1. The van der Waals surface area contributed by atoms with E-state index in [0.717, 1.165) is 0 Å². The zero-order chi connectivity index (χ0) is 17.9. The van der Waals surface area contributed by atoms with E-state index in [2.05, 4.69) is 9.72 Å². The van der Waals surface area contributed by atoms with Crippen molar-refractivity contribution in [2.45, 2.75) is 0 Å². The summed E-state index contributed by atoms with van der Waals surface area (Å²) in [5.41, 5.74) is -0.143. The normalized spacial score (nSPS) is 11.5. The molecule has 0 fully saturated rings. The minimum atomic E-state index is -3.85. The van der Waals surface area contributed by atoms with Crippen molar-refractivity contribution in [2.75, 3.05) is 19.5 Å². The summed E-state index contributed by atoms with van der Waals surface area (Å²) in [7, 11) is -0.959. The first-order valence-electron chi connectivity index (χ1n) is 6.76. The molecule has 130 valence electrons. The molecule has 0 aliphatic rings. The number of sulfonamides is 1. The van der Waals surface area contributed by atoms with Gasteiger partial charge in [-0.25, -0.2) is 22.5 Å². The van der Waals surface area contributed by atoms with Crippen LogP contribution in [0.5, 0.6) is 0 Å². The lowest BCUT2D eigenvalue weighted by atomic mass is 10.2. The van der Waals surface area contributed by atoms with E-state index in [1.54, 1.807) is 7.05 Å². The lowest BCUT2D eigenvalue weighted by Crippen LogP contribution is -2.34. The molecule has 0 aliphatic heterocycles. The molecule has 0 saturated carbocycles. The molecule has 0 saturated heterocycles. The standard InChI is InChI=1S/C14H15ClFN3O4S/c1-19-8-11(14(20)18-24(21,22)7-6-23-2)17-13(19)12-9(15)4-3-5-10(12)16/h3-5,8H,6-7H2,1-2H3,(H,18,20). The largest absolute Gasteiger partial charge is 0.384 e. The van der Waals surface area contributed by atoms with Gasteiger partial charge in [-0.15, -0.1) is 0 Å². The third kappa shape index (κ3) is 4.11. The van der Waals surface area contributed by atoms with Gasteiger partial charge in [0.05, 0.1) is 22.9 Å². The van der Waals surface area contributed by atoms with Gasteiger partial charge in [0, 0.05) is 20.4 Å². The van der Waals surface area contributed by atoms with Crippen molar-refractivity contribution >= 4 is 27.5 Å². The number of rotatable bonds is 6. The number of hydrogen-bond acceptors (Lipinski definition) is 5. The molecule has 1 aromatic heterocycles. The van der Waals surface area contributed by atoms with Gasteiger partial charge in [-0.2, -0.15) is 0 Å². The number of carbonyl (C=O) groups excluding carboxylic acids is 1. The highest BCUT2D eigenvalue weighted by atomic mass is 35.5. The lowest BCUT2D eigenvalue weighted by molar-refractivity contribution is 0.0976. The van der Waals surface area contributed by atoms with Crippen molar-refractivity contribution in [1.29, 1.82) is 0 Å². The minimum absolute atomic E-state index is 0.0305. The molecule has 1 amide bonds. The van der Waals surface area contributed by atoms with Crippen LogP contribution < -0.4 is 4.72 Å². The number of methoxy groups -OCH3 is 1. The monoisotopic (exact) mass is 375 g/mol. The van der Waals surface area contributed by atoms with E-state index >= 15 is 0 Å². The van der Waals surface area contributed by atoms with Gasteiger partial charge in [0.2, 0.25) is 10.0 Å². The Hall–Kier alpha value is -1.97. The lowest BCUT2D eigenvalue weighted by Gasteiger charge is -2.05. The zero-order valence-corrected chi connectivity index (χ0v) is 14.5. The number of benzene rings is 1. The van der Waals surface area contributed by atoms with E-state index in [1.165, 1.54) is 36.1 Å². The van der Waals surface area contributed by atoms with Gasteiger partial charge in [-0.05, 0) is 12.1 Å². The highest BCUT2D eigenvalue weighted by Crippen LogP contribution is 2.29. The molecule has 0 unspecified atom stereocenters. The SMILES string of the molecule is COCCS(=O)(=O)NC(=O)c1cn(C)c(-c2c(F)cccc2Cl)n1. The van der Waals surface area contributed by atoms with E-state index in [9.17, 15) is 17.6 Å². The topological polar surface area (TPSA) is 90.3 Å². The number of ether oxygens (including phenoxy) is 1. The first-order chi connectivity index (χ1) is 11.2. The van der Waals surface area contributed by atoms with Crippen LogP contribution in [0.1, 0.15) is 10.5 Å². The van der Waals surface area contributed by atoms with Crippen LogP contribution in [0.25, 0.3) is 11.4 Å². The molecule has 0 radical (unpaired) electrons. The second-order valence-corrected chi connectivity index (χ2v) is 7.15. The molecule has 1 heterocycles. The molecule has 0 atom stereocenters. The summed E-state index contributed by atoms with van der Waals surface area (Å²) in [6.45, 7) is -0.0546. The Bertz CT molecular complexity index is 847. The Morgan fingerprint density at radius 1 is 1.46 bits per heavy atom. The number of aryl methyl sites for hydroxylation is 1. The number of amides is 1. The summed E-state index contributed by atoms with van der Waals surface area (Å²) in [5, 5.41) is 0.128. The van der Waals surface area contributed by atoms with E-state index in [4.69, 9.17) is 11.6 Å². The first-order valence-corrected chi connectivity index (χ1v) is 8.79. The molecule has 2 aromatic rings. The Kier molecular flexibility index (Phi) is 5.58. The van der Waals surface area contributed by atoms with Crippen LogP contribution in [0.4, 0.5) is 4.39 Å². The average Bonchev–Trinajstić information content (AvgIpc) is 2.87. The van der Waals surface area contributed by atoms with E-state index in [1.807, 2.05) is 4.72 Å². The first kappa shape index (κ1) is 18.4. The van der Waals surface area contributed by atoms with Crippen molar-refractivity contribution < 1.29 is 22.3 Å². The van der Waals surface area contributed by atoms with Gasteiger partial charge in [0.15, 0.2) is 0 Å². The number of aromatic nitrogens is 2. The van der Waals surface area contributed by atoms with Crippen LogP contribution in [0.3, 0.4) is 0 Å². The van der Waals surface area contributed by atoms with E-state index < -0.39 is 21.7 Å². The fourth-order valence-electron chi connectivity index (χ4n) is 1.96. The van der Waals surface area contributed by atoms with Gasteiger partial charge in [0.1, 0.15) is 17.3 Å². The average molecular weight is 376 g/mol.